The van der Waals surface area contributed by atoms with Gasteiger partial charge in [0.15, 0.2) is 11.6 Å². The molecule has 0 saturated carbocycles. The van der Waals surface area contributed by atoms with Crippen LogP contribution < -0.4 is 5.32 Å². The van der Waals surface area contributed by atoms with Crippen LogP contribution in [0.5, 0.6) is 5.75 Å². The average Bonchev–Trinajstić information content (AvgIpc) is 2.73. The summed E-state index contributed by atoms with van der Waals surface area (Å²) in [7, 11) is 0. The van der Waals surface area contributed by atoms with Gasteiger partial charge in [-0.2, -0.15) is 0 Å². The smallest absolute Gasteiger partial charge is 0.166 e. The van der Waals surface area contributed by atoms with E-state index in [4.69, 9.17) is 9.84 Å². The molecule has 1 aromatic rings. The van der Waals surface area contributed by atoms with Gasteiger partial charge in [0.25, 0.3) is 0 Å². The van der Waals surface area contributed by atoms with Gasteiger partial charge in [0, 0.05) is 30.8 Å². The largest absolute Gasteiger partial charge is 0.505 e. The Balaban J connectivity index is 1.90. The number of rotatable bonds is 3. The normalized spacial score (nSPS) is 20.5. The molecule has 0 bridgehead atoms. The van der Waals surface area contributed by atoms with Crippen molar-refractivity contribution >= 4 is 5.69 Å². The molecule has 0 aliphatic carbocycles. The quantitative estimate of drug-likeness (QED) is 0.751. The Hall–Kier alpha value is -1.29. The summed E-state index contributed by atoms with van der Waals surface area (Å²) in [5, 5.41) is 12.1. The van der Waals surface area contributed by atoms with Gasteiger partial charge < -0.3 is 15.2 Å². The fourth-order valence-electron chi connectivity index (χ4n) is 1.62. The van der Waals surface area contributed by atoms with Crippen LogP contribution in [0.4, 0.5) is 10.1 Å². The van der Waals surface area contributed by atoms with Gasteiger partial charge in [-0.3, -0.25) is 0 Å². The fourth-order valence-corrected chi connectivity index (χ4v) is 1.62. The lowest BCUT2D eigenvalue weighted by molar-refractivity contribution is 0.187. The number of ether oxygens (including phenoxy) is 1. The molecule has 2 N–H and O–H groups in total. The van der Waals surface area contributed by atoms with Gasteiger partial charge >= 0.3 is 0 Å². The molecule has 0 aromatic heterocycles. The summed E-state index contributed by atoms with van der Waals surface area (Å²) in [6.45, 7) is 2.37. The van der Waals surface area contributed by atoms with Gasteiger partial charge in [-0.15, -0.1) is 0 Å². The highest BCUT2D eigenvalue weighted by atomic mass is 19.1. The SMILES string of the molecule is Oc1ccc(NCC2CCOC2)cc1F. The van der Waals surface area contributed by atoms with E-state index in [1.54, 1.807) is 6.07 Å². The summed E-state index contributed by atoms with van der Waals surface area (Å²) in [4.78, 5) is 0. The van der Waals surface area contributed by atoms with Gasteiger partial charge in [0.1, 0.15) is 0 Å². The van der Waals surface area contributed by atoms with Gasteiger partial charge in [-0.05, 0) is 18.6 Å². The molecular weight excluding hydrogens is 197 g/mol. The summed E-state index contributed by atoms with van der Waals surface area (Å²) in [5.41, 5.74) is 0.692. The first kappa shape index (κ1) is 10.2. The Labute approximate surface area is 87.9 Å². The van der Waals surface area contributed by atoms with Crippen molar-refractivity contribution in [3.05, 3.63) is 24.0 Å². The van der Waals surface area contributed by atoms with Crippen molar-refractivity contribution in [3.8, 4) is 5.75 Å². The van der Waals surface area contributed by atoms with Crippen LogP contribution >= 0.6 is 0 Å². The Morgan fingerprint density at radius 2 is 2.40 bits per heavy atom. The second-order valence-electron chi connectivity index (χ2n) is 3.78. The molecule has 0 radical (unpaired) electrons. The molecule has 1 aliphatic rings. The molecule has 1 aromatic carbocycles. The van der Waals surface area contributed by atoms with E-state index in [-0.39, 0.29) is 5.75 Å². The molecule has 0 amide bonds. The first-order chi connectivity index (χ1) is 7.25. The van der Waals surface area contributed by atoms with Crippen molar-refractivity contribution < 1.29 is 14.2 Å². The third-order valence-corrected chi connectivity index (χ3v) is 2.57. The van der Waals surface area contributed by atoms with Crippen LogP contribution in [0.2, 0.25) is 0 Å². The van der Waals surface area contributed by atoms with Crippen LogP contribution in [0.1, 0.15) is 6.42 Å². The number of hydrogen-bond acceptors (Lipinski definition) is 3. The van der Waals surface area contributed by atoms with E-state index in [0.29, 0.717) is 11.6 Å². The molecule has 0 spiro atoms. The molecule has 2 rings (SSSR count). The van der Waals surface area contributed by atoms with Crippen molar-refractivity contribution in [1.29, 1.82) is 0 Å². The maximum atomic E-state index is 13.0. The molecule has 1 unspecified atom stereocenters. The van der Waals surface area contributed by atoms with Crippen molar-refractivity contribution in [2.24, 2.45) is 5.92 Å². The second-order valence-corrected chi connectivity index (χ2v) is 3.78. The molecule has 1 atom stereocenters. The molecule has 1 saturated heterocycles. The van der Waals surface area contributed by atoms with Crippen molar-refractivity contribution in [1.82, 2.24) is 0 Å². The van der Waals surface area contributed by atoms with E-state index < -0.39 is 5.82 Å². The van der Waals surface area contributed by atoms with Gasteiger partial charge in [0.2, 0.25) is 0 Å². The van der Waals surface area contributed by atoms with Crippen LogP contribution in [0.3, 0.4) is 0 Å². The van der Waals surface area contributed by atoms with E-state index in [9.17, 15) is 4.39 Å². The molecule has 1 aliphatic heterocycles. The van der Waals surface area contributed by atoms with E-state index in [1.165, 1.54) is 12.1 Å². The third-order valence-electron chi connectivity index (χ3n) is 2.57. The van der Waals surface area contributed by atoms with E-state index in [0.717, 1.165) is 26.2 Å². The number of benzene rings is 1. The van der Waals surface area contributed by atoms with E-state index in [1.807, 2.05) is 0 Å². The van der Waals surface area contributed by atoms with Crippen molar-refractivity contribution in [3.63, 3.8) is 0 Å². The summed E-state index contributed by atoms with van der Waals surface area (Å²) < 4.78 is 18.2. The summed E-state index contributed by atoms with van der Waals surface area (Å²) >= 11 is 0. The van der Waals surface area contributed by atoms with E-state index >= 15 is 0 Å². The first-order valence-corrected chi connectivity index (χ1v) is 5.06. The summed E-state index contributed by atoms with van der Waals surface area (Å²) in [6.07, 6.45) is 1.05. The number of halogens is 1. The lowest BCUT2D eigenvalue weighted by Crippen LogP contribution is -2.14. The zero-order valence-electron chi connectivity index (χ0n) is 8.37. The van der Waals surface area contributed by atoms with Gasteiger partial charge in [-0.1, -0.05) is 0 Å². The molecule has 15 heavy (non-hydrogen) atoms. The average molecular weight is 211 g/mol. The highest BCUT2D eigenvalue weighted by Crippen LogP contribution is 2.20. The lowest BCUT2D eigenvalue weighted by Gasteiger charge is -2.10. The number of nitrogens with one attached hydrogen (secondary N) is 1. The summed E-state index contributed by atoms with van der Waals surface area (Å²) in [6, 6.07) is 4.31. The highest BCUT2D eigenvalue weighted by molar-refractivity contribution is 5.46. The Morgan fingerprint density at radius 3 is 3.07 bits per heavy atom. The molecule has 82 valence electrons. The third kappa shape index (κ3) is 2.59. The lowest BCUT2D eigenvalue weighted by atomic mass is 10.1. The van der Waals surface area contributed by atoms with Crippen LogP contribution in [0.15, 0.2) is 18.2 Å². The fraction of sp³-hybridized carbons (Fsp3) is 0.455. The molecule has 4 heteroatoms. The molecule has 1 heterocycles. The van der Waals surface area contributed by atoms with Crippen LogP contribution in [-0.2, 0) is 4.74 Å². The number of aromatic hydroxyl groups is 1. The van der Waals surface area contributed by atoms with Crippen LogP contribution in [0, 0.1) is 11.7 Å². The Kier molecular flexibility index (Phi) is 3.06. The topological polar surface area (TPSA) is 41.5 Å². The van der Waals surface area contributed by atoms with Gasteiger partial charge in [0.05, 0.1) is 6.61 Å². The zero-order chi connectivity index (χ0) is 10.7. The number of phenolic OH excluding ortho intramolecular Hbond substituents is 1. The highest BCUT2D eigenvalue weighted by Gasteiger charge is 2.15. The van der Waals surface area contributed by atoms with Crippen LogP contribution in [0.25, 0.3) is 0 Å². The minimum absolute atomic E-state index is 0.315. The zero-order valence-corrected chi connectivity index (χ0v) is 8.37. The molecule has 3 nitrogen and oxygen atoms in total. The minimum Gasteiger partial charge on any atom is -0.505 e. The van der Waals surface area contributed by atoms with Crippen molar-refractivity contribution in [2.75, 3.05) is 25.1 Å². The molecule has 1 fully saturated rings. The maximum absolute atomic E-state index is 13.0. The minimum atomic E-state index is -0.595. The van der Waals surface area contributed by atoms with Crippen LogP contribution in [-0.4, -0.2) is 24.9 Å². The monoisotopic (exact) mass is 211 g/mol. The predicted molar refractivity (Wildman–Crippen MR) is 55.5 cm³/mol. The Bertz CT molecular complexity index is 337. The number of anilines is 1. The number of phenols is 1. The Morgan fingerprint density at radius 1 is 1.53 bits per heavy atom. The number of hydrogen-bond donors (Lipinski definition) is 2. The predicted octanol–water partition coefficient (Wildman–Crippen LogP) is 1.98. The van der Waals surface area contributed by atoms with Gasteiger partial charge in [-0.25, -0.2) is 4.39 Å². The maximum Gasteiger partial charge on any atom is 0.166 e. The molecular formula is C11H14FNO2. The van der Waals surface area contributed by atoms with Crippen molar-refractivity contribution in [2.45, 2.75) is 6.42 Å². The van der Waals surface area contributed by atoms with E-state index in [2.05, 4.69) is 5.32 Å². The first-order valence-electron chi connectivity index (χ1n) is 5.06. The second kappa shape index (κ2) is 4.49. The summed E-state index contributed by atoms with van der Waals surface area (Å²) in [5.74, 6) is -0.408. The standard InChI is InChI=1S/C11H14FNO2/c12-10-5-9(1-2-11(10)14)13-6-8-3-4-15-7-8/h1-2,5,8,13-14H,3-4,6-7H2.